The van der Waals surface area contributed by atoms with Crippen molar-refractivity contribution in [1.29, 1.82) is 0 Å². The Balaban J connectivity index is 2.95. The van der Waals surface area contributed by atoms with Gasteiger partial charge >= 0.3 is 12.3 Å². The zero-order valence-electron chi connectivity index (χ0n) is 9.61. The van der Waals surface area contributed by atoms with E-state index in [4.69, 9.17) is 5.11 Å². The van der Waals surface area contributed by atoms with Gasteiger partial charge in [-0.25, -0.2) is 9.18 Å². The van der Waals surface area contributed by atoms with Crippen LogP contribution < -0.4 is 4.74 Å². The van der Waals surface area contributed by atoms with E-state index in [0.29, 0.717) is 0 Å². The van der Waals surface area contributed by atoms with E-state index in [0.717, 1.165) is 31.2 Å². The Bertz CT molecular complexity index is 453. The maximum absolute atomic E-state index is 13.3. The SMILES string of the molecule is CC(O)(c1ccc(OC(F)(F)F)cc1)C(F)C(=O)O. The zero-order chi connectivity index (χ0) is 14.8. The molecule has 0 saturated carbocycles. The van der Waals surface area contributed by atoms with Crippen LogP contribution in [-0.2, 0) is 10.4 Å². The summed E-state index contributed by atoms with van der Waals surface area (Å²) in [4.78, 5) is 10.5. The number of rotatable bonds is 4. The van der Waals surface area contributed by atoms with Crippen molar-refractivity contribution in [2.75, 3.05) is 0 Å². The number of hydrogen-bond acceptors (Lipinski definition) is 3. The molecule has 0 radical (unpaired) electrons. The lowest BCUT2D eigenvalue weighted by molar-refractivity contribution is -0.274. The van der Waals surface area contributed by atoms with Crippen molar-refractivity contribution >= 4 is 5.97 Å². The molecule has 0 saturated heterocycles. The van der Waals surface area contributed by atoms with Gasteiger partial charge in [0.25, 0.3) is 0 Å². The number of aliphatic hydroxyl groups is 1. The second-order valence-corrected chi connectivity index (χ2v) is 3.92. The monoisotopic (exact) mass is 282 g/mol. The zero-order valence-corrected chi connectivity index (χ0v) is 9.61. The standard InChI is InChI=1S/C11H10F4O4/c1-10(18,8(12)9(16)17)6-2-4-7(5-3-6)19-11(13,14)15/h2-5,8,18H,1H3,(H,16,17). The van der Waals surface area contributed by atoms with Crippen LogP contribution in [0.4, 0.5) is 17.6 Å². The van der Waals surface area contributed by atoms with Crippen molar-refractivity contribution in [2.24, 2.45) is 0 Å². The molecule has 106 valence electrons. The molecule has 0 heterocycles. The second kappa shape index (κ2) is 5.04. The van der Waals surface area contributed by atoms with Crippen LogP contribution in [0.3, 0.4) is 0 Å². The fourth-order valence-electron chi connectivity index (χ4n) is 1.38. The van der Waals surface area contributed by atoms with Crippen molar-refractivity contribution < 1.29 is 37.3 Å². The van der Waals surface area contributed by atoms with Crippen LogP contribution in [-0.4, -0.2) is 28.7 Å². The molecular formula is C11H10F4O4. The van der Waals surface area contributed by atoms with Gasteiger partial charge in [-0.1, -0.05) is 12.1 Å². The van der Waals surface area contributed by atoms with E-state index in [1.807, 2.05) is 0 Å². The second-order valence-electron chi connectivity index (χ2n) is 3.92. The molecule has 0 spiro atoms. The quantitative estimate of drug-likeness (QED) is 0.831. The molecule has 1 aromatic carbocycles. The van der Waals surface area contributed by atoms with Gasteiger partial charge in [0.2, 0.25) is 6.17 Å². The predicted molar refractivity (Wildman–Crippen MR) is 55.2 cm³/mol. The maximum atomic E-state index is 13.3. The highest BCUT2D eigenvalue weighted by Crippen LogP contribution is 2.30. The largest absolute Gasteiger partial charge is 0.573 e. The number of aliphatic carboxylic acids is 1. The first-order valence-corrected chi connectivity index (χ1v) is 4.99. The van der Waals surface area contributed by atoms with Gasteiger partial charge in [-0.05, 0) is 24.6 Å². The first-order chi connectivity index (χ1) is 8.54. The summed E-state index contributed by atoms with van der Waals surface area (Å²) in [5.41, 5.74) is -2.54. The van der Waals surface area contributed by atoms with E-state index in [9.17, 15) is 27.5 Å². The van der Waals surface area contributed by atoms with E-state index in [-0.39, 0.29) is 5.56 Å². The minimum Gasteiger partial charge on any atom is -0.479 e. The van der Waals surface area contributed by atoms with Crippen molar-refractivity contribution in [1.82, 2.24) is 0 Å². The Morgan fingerprint density at radius 1 is 1.26 bits per heavy atom. The molecule has 0 aliphatic carbocycles. The number of alkyl halides is 4. The molecule has 0 amide bonds. The number of halogens is 4. The Labute approximate surface area is 105 Å². The molecule has 1 aromatic rings. The summed E-state index contributed by atoms with van der Waals surface area (Å²) in [6.07, 6.45) is -7.48. The van der Waals surface area contributed by atoms with Gasteiger partial charge in [0, 0.05) is 0 Å². The third-order valence-electron chi connectivity index (χ3n) is 2.38. The normalized spacial score (nSPS) is 16.5. The van der Waals surface area contributed by atoms with Crippen molar-refractivity contribution in [3.8, 4) is 5.75 Å². The average molecular weight is 282 g/mol. The fourth-order valence-corrected chi connectivity index (χ4v) is 1.38. The molecule has 19 heavy (non-hydrogen) atoms. The summed E-state index contributed by atoms with van der Waals surface area (Å²) in [7, 11) is 0. The van der Waals surface area contributed by atoms with Crippen LogP contribution in [0.2, 0.25) is 0 Å². The van der Waals surface area contributed by atoms with Gasteiger partial charge in [-0.2, -0.15) is 0 Å². The third-order valence-corrected chi connectivity index (χ3v) is 2.38. The first kappa shape index (κ1) is 15.2. The van der Waals surface area contributed by atoms with E-state index in [1.165, 1.54) is 0 Å². The van der Waals surface area contributed by atoms with Gasteiger partial charge in [0.15, 0.2) is 0 Å². The summed E-state index contributed by atoms with van der Waals surface area (Å²) < 4.78 is 52.6. The van der Waals surface area contributed by atoms with E-state index in [1.54, 1.807) is 0 Å². The summed E-state index contributed by atoms with van der Waals surface area (Å²) in [5, 5.41) is 18.2. The van der Waals surface area contributed by atoms with Crippen LogP contribution >= 0.6 is 0 Å². The average Bonchev–Trinajstić information content (AvgIpc) is 2.26. The summed E-state index contributed by atoms with van der Waals surface area (Å²) in [6.45, 7) is 0.908. The topological polar surface area (TPSA) is 66.8 Å². The summed E-state index contributed by atoms with van der Waals surface area (Å²) >= 11 is 0. The number of ether oxygens (including phenoxy) is 1. The maximum Gasteiger partial charge on any atom is 0.573 e. The van der Waals surface area contributed by atoms with E-state index in [2.05, 4.69) is 4.74 Å². The lowest BCUT2D eigenvalue weighted by Gasteiger charge is -2.25. The van der Waals surface area contributed by atoms with Crippen LogP contribution in [0.25, 0.3) is 0 Å². The Hall–Kier alpha value is -1.83. The smallest absolute Gasteiger partial charge is 0.479 e. The number of hydrogen-bond donors (Lipinski definition) is 2. The predicted octanol–water partition coefficient (Wildman–Crippen LogP) is 2.22. The lowest BCUT2D eigenvalue weighted by Crippen LogP contribution is -2.39. The highest BCUT2D eigenvalue weighted by atomic mass is 19.4. The number of benzene rings is 1. The molecule has 0 bridgehead atoms. The highest BCUT2D eigenvalue weighted by molar-refractivity contribution is 5.74. The molecule has 2 unspecified atom stereocenters. The Kier molecular flexibility index (Phi) is 4.04. The highest BCUT2D eigenvalue weighted by Gasteiger charge is 2.39. The first-order valence-electron chi connectivity index (χ1n) is 4.99. The van der Waals surface area contributed by atoms with Crippen LogP contribution in [0.5, 0.6) is 5.75 Å². The molecular weight excluding hydrogens is 272 g/mol. The van der Waals surface area contributed by atoms with Gasteiger partial charge in [-0.3, -0.25) is 0 Å². The van der Waals surface area contributed by atoms with Crippen molar-refractivity contribution in [2.45, 2.75) is 25.1 Å². The Morgan fingerprint density at radius 3 is 2.11 bits per heavy atom. The molecule has 2 atom stereocenters. The van der Waals surface area contributed by atoms with E-state index < -0.39 is 29.9 Å². The van der Waals surface area contributed by atoms with Gasteiger partial charge in [0.05, 0.1) is 0 Å². The van der Waals surface area contributed by atoms with Gasteiger partial charge in [0.1, 0.15) is 11.4 Å². The molecule has 1 rings (SSSR count). The van der Waals surface area contributed by atoms with Crippen LogP contribution in [0, 0.1) is 0 Å². The van der Waals surface area contributed by atoms with Crippen molar-refractivity contribution in [3.05, 3.63) is 29.8 Å². The van der Waals surface area contributed by atoms with Crippen molar-refractivity contribution in [3.63, 3.8) is 0 Å². The third kappa shape index (κ3) is 3.82. The lowest BCUT2D eigenvalue weighted by atomic mass is 9.91. The van der Waals surface area contributed by atoms with Gasteiger partial charge < -0.3 is 14.9 Å². The minimum absolute atomic E-state index is 0.183. The molecule has 8 heteroatoms. The molecule has 4 nitrogen and oxygen atoms in total. The Morgan fingerprint density at radius 2 is 1.74 bits per heavy atom. The molecule has 0 aliphatic heterocycles. The number of carboxylic acids is 1. The molecule has 2 N–H and O–H groups in total. The molecule has 0 aliphatic rings. The van der Waals surface area contributed by atoms with E-state index >= 15 is 0 Å². The van der Waals surface area contributed by atoms with Gasteiger partial charge in [-0.15, -0.1) is 13.2 Å². The molecule has 0 aromatic heterocycles. The summed E-state index contributed by atoms with van der Waals surface area (Å²) in [5.74, 6) is -2.43. The molecule has 0 fully saturated rings. The number of carboxylic acid groups (broad SMARTS) is 1. The fraction of sp³-hybridized carbons (Fsp3) is 0.364. The summed E-state index contributed by atoms with van der Waals surface area (Å²) in [6, 6.07) is 3.62. The minimum atomic E-state index is -4.87. The van der Waals surface area contributed by atoms with Crippen LogP contribution in [0.1, 0.15) is 12.5 Å². The number of carbonyl (C=O) groups is 1. The van der Waals surface area contributed by atoms with Crippen LogP contribution in [0.15, 0.2) is 24.3 Å².